The number of carbonyl (C=O) groups excluding carboxylic acids is 2. The summed E-state index contributed by atoms with van der Waals surface area (Å²) in [4.78, 5) is 26.3. The van der Waals surface area contributed by atoms with Gasteiger partial charge in [0, 0.05) is 43.8 Å². The largest absolute Gasteiger partial charge is 0.464 e. The second kappa shape index (κ2) is 11.3. The SMILES string of the molecule is COCCNC(=O)c1ccc(-c2ccc3c(c2)COC(C2CCN(C(=O)OC(C)(C)C)CC2)O3)cc1. The van der Waals surface area contributed by atoms with Crippen LogP contribution in [0.15, 0.2) is 42.5 Å². The van der Waals surface area contributed by atoms with Gasteiger partial charge in [-0.3, -0.25) is 4.79 Å². The molecule has 1 fully saturated rings. The van der Waals surface area contributed by atoms with E-state index < -0.39 is 5.60 Å². The number of likely N-dealkylation sites (tertiary alicyclic amines) is 1. The lowest BCUT2D eigenvalue weighted by atomic mass is 9.95. The van der Waals surface area contributed by atoms with E-state index in [4.69, 9.17) is 18.9 Å². The molecule has 0 aliphatic carbocycles. The van der Waals surface area contributed by atoms with Gasteiger partial charge in [0.05, 0.1) is 13.2 Å². The number of ether oxygens (including phenoxy) is 4. The number of hydrogen-bond donors (Lipinski definition) is 1. The summed E-state index contributed by atoms with van der Waals surface area (Å²) in [5.41, 5.74) is 3.17. The molecule has 2 heterocycles. The van der Waals surface area contributed by atoms with Crippen molar-refractivity contribution < 1.29 is 28.5 Å². The first-order valence-electron chi connectivity index (χ1n) is 12.5. The number of nitrogens with one attached hydrogen (secondary N) is 1. The van der Waals surface area contributed by atoms with Crippen LogP contribution in [0.25, 0.3) is 11.1 Å². The highest BCUT2D eigenvalue weighted by Crippen LogP contribution is 2.35. The van der Waals surface area contributed by atoms with E-state index >= 15 is 0 Å². The van der Waals surface area contributed by atoms with Crippen molar-refractivity contribution in [2.45, 2.75) is 52.1 Å². The van der Waals surface area contributed by atoms with Gasteiger partial charge in [-0.05, 0) is 69.0 Å². The molecule has 8 heteroatoms. The summed E-state index contributed by atoms with van der Waals surface area (Å²) in [7, 11) is 1.60. The number of methoxy groups -OCH3 is 1. The molecule has 0 aromatic heterocycles. The Bertz CT molecular complexity index is 1050. The van der Waals surface area contributed by atoms with Crippen LogP contribution in [-0.4, -0.2) is 62.1 Å². The van der Waals surface area contributed by atoms with Gasteiger partial charge >= 0.3 is 6.09 Å². The van der Waals surface area contributed by atoms with Crippen molar-refractivity contribution >= 4 is 12.0 Å². The normalized spacial score (nSPS) is 18.2. The number of nitrogens with zero attached hydrogens (tertiary/aromatic N) is 1. The van der Waals surface area contributed by atoms with Gasteiger partial charge in [0.1, 0.15) is 11.4 Å². The van der Waals surface area contributed by atoms with Crippen molar-refractivity contribution in [2.24, 2.45) is 5.92 Å². The average molecular weight is 497 g/mol. The fourth-order valence-corrected chi connectivity index (χ4v) is 4.41. The minimum absolute atomic E-state index is 0.117. The Kier molecular flexibility index (Phi) is 8.16. The zero-order chi connectivity index (χ0) is 25.7. The average Bonchev–Trinajstić information content (AvgIpc) is 2.87. The van der Waals surface area contributed by atoms with Gasteiger partial charge in [-0.15, -0.1) is 0 Å². The molecular formula is C28H36N2O6. The van der Waals surface area contributed by atoms with Gasteiger partial charge in [-0.2, -0.15) is 0 Å². The Labute approximate surface area is 212 Å². The number of piperidine rings is 1. The lowest BCUT2D eigenvalue weighted by Gasteiger charge is -2.38. The van der Waals surface area contributed by atoms with Crippen molar-refractivity contribution in [3.05, 3.63) is 53.6 Å². The van der Waals surface area contributed by atoms with Crippen molar-refractivity contribution in [3.8, 4) is 16.9 Å². The minimum atomic E-state index is -0.493. The van der Waals surface area contributed by atoms with Crippen molar-refractivity contribution in [1.29, 1.82) is 0 Å². The number of rotatable bonds is 6. The number of fused-ring (bicyclic) bond motifs is 1. The number of carbonyl (C=O) groups is 2. The highest BCUT2D eigenvalue weighted by atomic mass is 16.7. The lowest BCUT2D eigenvalue weighted by molar-refractivity contribution is -0.149. The highest BCUT2D eigenvalue weighted by Gasteiger charge is 2.34. The molecule has 1 unspecified atom stereocenters. The van der Waals surface area contributed by atoms with E-state index in [1.54, 1.807) is 12.0 Å². The molecule has 1 saturated heterocycles. The predicted molar refractivity (Wildman–Crippen MR) is 136 cm³/mol. The van der Waals surface area contributed by atoms with E-state index in [1.807, 2.05) is 57.2 Å². The lowest BCUT2D eigenvalue weighted by Crippen LogP contribution is -2.45. The van der Waals surface area contributed by atoms with Crippen LogP contribution in [-0.2, 0) is 20.8 Å². The second-order valence-corrected chi connectivity index (χ2v) is 10.3. The maximum absolute atomic E-state index is 12.3. The third-order valence-electron chi connectivity index (χ3n) is 6.36. The van der Waals surface area contributed by atoms with E-state index in [0.29, 0.717) is 38.4 Å². The summed E-state index contributed by atoms with van der Waals surface area (Å²) in [5.74, 6) is 0.937. The molecule has 2 aliphatic rings. The molecule has 1 N–H and O–H groups in total. The quantitative estimate of drug-likeness (QED) is 0.588. The van der Waals surface area contributed by atoms with Crippen molar-refractivity contribution in [1.82, 2.24) is 10.2 Å². The van der Waals surface area contributed by atoms with Crippen LogP contribution in [0.4, 0.5) is 4.79 Å². The zero-order valence-corrected chi connectivity index (χ0v) is 21.5. The highest BCUT2D eigenvalue weighted by molar-refractivity contribution is 5.94. The Morgan fingerprint density at radius 2 is 1.75 bits per heavy atom. The monoisotopic (exact) mass is 496 g/mol. The van der Waals surface area contributed by atoms with Crippen molar-refractivity contribution in [3.63, 3.8) is 0 Å². The smallest absolute Gasteiger partial charge is 0.410 e. The first-order valence-corrected chi connectivity index (χ1v) is 12.5. The third-order valence-corrected chi connectivity index (χ3v) is 6.36. The van der Waals surface area contributed by atoms with Crippen molar-refractivity contribution in [2.75, 3.05) is 33.4 Å². The summed E-state index contributed by atoms with van der Waals surface area (Å²) in [6.07, 6.45) is 1.04. The fraction of sp³-hybridized carbons (Fsp3) is 0.500. The number of benzene rings is 2. The molecule has 2 aromatic rings. The molecule has 2 amide bonds. The molecule has 1 atom stereocenters. The number of hydrogen-bond acceptors (Lipinski definition) is 6. The van der Waals surface area contributed by atoms with Gasteiger partial charge in [-0.25, -0.2) is 4.79 Å². The van der Waals surface area contributed by atoms with Gasteiger partial charge < -0.3 is 29.2 Å². The molecule has 36 heavy (non-hydrogen) atoms. The molecule has 0 radical (unpaired) electrons. The van der Waals surface area contributed by atoms with Crippen LogP contribution >= 0.6 is 0 Å². The van der Waals surface area contributed by atoms with Crippen LogP contribution in [0.5, 0.6) is 5.75 Å². The van der Waals surface area contributed by atoms with Crippen LogP contribution < -0.4 is 10.1 Å². The first kappa shape index (κ1) is 26.0. The molecule has 2 aromatic carbocycles. The van der Waals surface area contributed by atoms with Gasteiger partial charge in [0.15, 0.2) is 0 Å². The Hall–Kier alpha value is -3.10. The van der Waals surface area contributed by atoms with Gasteiger partial charge in [-0.1, -0.05) is 18.2 Å². The zero-order valence-electron chi connectivity index (χ0n) is 21.5. The molecule has 0 saturated carbocycles. The Balaban J connectivity index is 1.33. The van der Waals surface area contributed by atoms with E-state index in [1.165, 1.54) is 0 Å². The maximum atomic E-state index is 12.3. The van der Waals surface area contributed by atoms with E-state index in [-0.39, 0.29) is 24.2 Å². The maximum Gasteiger partial charge on any atom is 0.410 e. The van der Waals surface area contributed by atoms with E-state index in [9.17, 15) is 9.59 Å². The van der Waals surface area contributed by atoms with E-state index in [2.05, 4.69) is 11.4 Å². The van der Waals surface area contributed by atoms with E-state index in [0.717, 1.165) is 35.3 Å². The summed E-state index contributed by atoms with van der Waals surface area (Å²) >= 11 is 0. The van der Waals surface area contributed by atoms with Crippen LogP contribution in [0.1, 0.15) is 49.5 Å². The molecular weight excluding hydrogens is 460 g/mol. The van der Waals surface area contributed by atoms with Gasteiger partial charge in [0.2, 0.25) is 6.29 Å². The Morgan fingerprint density at radius 1 is 1.06 bits per heavy atom. The molecule has 0 bridgehead atoms. The summed E-state index contributed by atoms with van der Waals surface area (Å²) in [5, 5.41) is 2.83. The molecule has 194 valence electrons. The Morgan fingerprint density at radius 3 is 2.42 bits per heavy atom. The molecule has 0 spiro atoms. The van der Waals surface area contributed by atoms with Crippen LogP contribution in [0.3, 0.4) is 0 Å². The van der Waals surface area contributed by atoms with Crippen LogP contribution in [0.2, 0.25) is 0 Å². The third kappa shape index (κ3) is 6.56. The number of amides is 2. The minimum Gasteiger partial charge on any atom is -0.464 e. The topological polar surface area (TPSA) is 86.3 Å². The summed E-state index contributed by atoms with van der Waals surface area (Å²) in [6.45, 7) is 8.33. The molecule has 8 nitrogen and oxygen atoms in total. The van der Waals surface area contributed by atoms with Crippen LogP contribution in [0, 0.1) is 5.92 Å². The standard InChI is InChI=1S/C28H36N2O6/c1-28(2,3)36-27(32)30-14-11-21(12-15-30)26-34-18-23-17-22(9-10-24(23)35-26)19-5-7-20(8-6-19)25(31)29-13-16-33-4/h5-10,17,21,26H,11-16,18H2,1-4H3,(H,29,31). The summed E-state index contributed by atoms with van der Waals surface area (Å²) < 4.78 is 22.8. The molecule has 2 aliphatic heterocycles. The molecule has 4 rings (SSSR count). The fourth-order valence-electron chi connectivity index (χ4n) is 4.41. The first-order chi connectivity index (χ1) is 17.2. The second-order valence-electron chi connectivity index (χ2n) is 10.3. The predicted octanol–water partition coefficient (Wildman–Crippen LogP) is 4.61. The van der Waals surface area contributed by atoms with Gasteiger partial charge in [0.25, 0.3) is 5.91 Å². The summed E-state index contributed by atoms with van der Waals surface area (Å²) in [6, 6.07) is 13.6.